The fourth-order valence-electron chi connectivity index (χ4n) is 3.13. The quantitative estimate of drug-likeness (QED) is 0.0982. The van der Waals surface area contributed by atoms with Crippen LogP contribution in [0.1, 0.15) is 5.69 Å². The highest BCUT2D eigenvalue weighted by molar-refractivity contribution is 8.01. The van der Waals surface area contributed by atoms with Crippen LogP contribution >= 0.6 is 46.2 Å². The number of carboxylic acids is 1. The van der Waals surface area contributed by atoms with E-state index in [1.807, 2.05) is 0 Å². The van der Waals surface area contributed by atoms with Gasteiger partial charge >= 0.3 is 5.97 Å². The molecule has 0 aromatic carbocycles. The molecule has 2 aromatic rings. The Balaban J connectivity index is 1.49. The topological polar surface area (TPSA) is 173 Å². The molecule has 1 saturated heterocycles. The van der Waals surface area contributed by atoms with E-state index in [9.17, 15) is 19.5 Å². The number of β-lactam (4-membered cyclic amide) rings is 1. The minimum absolute atomic E-state index is 0.0632. The van der Waals surface area contributed by atoms with Crippen molar-refractivity contribution in [2.24, 2.45) is 5.16 Å². The average Bonchev–Trinajstić information content (AvgIpc) is 3.49. The van der Waals surface area contributed by atoms with Gasteiger partial charge in [-0.3, -0.25) is 14.5 Å². The molecular formula is C18H17N7O5S4. The lowest BCUT2D eigenvalue weighted by atomic mass is 10.0. The maximum absolute atomic E-state index is 12.9. The van der Waals surface area contributed by atoms with Gasteiger partial charge in [-0.2, -0.15) is 0 Å². The lowest BCUT2D eigenvalue weighted by Gasteiger charge is -2.49. The van der Waals surface area contributed by atoms with Gasteiger partial charge in [0.05, 0.1) is 0 Å². The Morgan fingerprint density at radius 1 is 1.47 bits per heavy atom. The highest BCUT2D eigenvalue weighted by Gasteiger charge is 2.54. The van der Waals surface area contributed by atoms with E-state index in [-0.39, 0.29) is 28.8 Å². The second-order valence-electron chi connectivity index (χ2n) is 6.71. The van der Waals surface area contributed by atoms with Crippen LogP contribution in [-0.4, -0.2) is 78.2 Å². The van der Waals surface area contributed by atoms with Gasteiger partial charge < -0.3 is 21.0 Å². The first-order chi connectivity index (χ1) is 16.4. The summed E-state index contributed by atoms with van der Waals surface area (Å²) < 4.78 is 0.706. The van der Waals surface area contributed by atoms with Crippen LogP contribution < -0.4 is 11.1 Å². The Labute approximate surface area is 209 Å². The number of hydrogen-bond acceptors (Lipinski definition) is 13. The number of nitrogens with zero attached hydrogens (tertiary/aromatic N) is 5. The van der Waals surface area contributed by atoms with Crippen LogP contribution in [0.15, 0.2) is 44.3 Å². The lowest BCUT2D eigenvalue weighted by molar-refractivity contribution is -0.150. The molecule has 4 heterocycles. The molecular weight excluding hydrogens is 523 g/mol. The summed E-state index contributed by atoms with van der Waals surface area (Å²) in [5.74, 6) is -1.66. The molecule has 1 fully saturated rings. The van der Waals surface area contributed by atoms with E-state index >= 15 is 0 Å². The van der Waals surface area contributed by atoms with Crippen LogP contribution in [-0.2, 0) is 19.2 Å². The molecule has 2 amide bonds. The highest BCUT2D eigenvalue weighted by Crippen LogP contribution is 2.41. The van der Waals surface area contributed by atoms with Crippen LogP contribution in [0, 0.1) is 0 Å². The fourth-order valence-corrected chi connectivity index (χ4v) is 6.66. The molecule has 0 saturated carbocycles. The zero-order valence-electron chi connectivity index (χ0n) is 17.2. The smallest absolute Gasteiger partial charge is 0.352 e. The van der Waals surface area contributed by atoms with Crippen molar-refractivity contribution in [1.29, 1.82) is 0 Å². The van der Waals surface area contributed by atoms with Crippen molar-refractivity contribution in [3.8, 4) is 0 Å². The second-order valence-corrected chi connectivity index (χ2v) is 10.8. The number of fused-ring (bicyclic) bond motifs is 1. The molecule has 16 heteroatoms. The zero-order chi connectivity index (χ0) is 24.2. The first-order valence-corrected chi connectivity index (χ1v) is 13.3. The Bertz CT molecular complexity index is 1180. The number of hydrogen-bond donors (Lipinski definition) is 3. The van der Waals surface area contributed by atoms with Crippen LogP contribution in [0.2, 0.25) is 0 Å². The molecule has 2 aromatic heterocycles. The van der Waals surface area contributed by atoms with E-state index in [4.69, 9.17) is 10.6 Å². The number of aliphatic carboxylic acids is 1. The van der Waals surface area contributed by atoms with E-state index < -0.39 is 29.2 Å². The molecule has 1 unspecified atom stereocenters. The fraction of sp³-hybridized carbons (Fsp3) is 0.278. The highest BCUT2D eigenvalue weighted by atomic mass is 32.2. The summed E-state index contributed by atoms with van der Waals surface area (Å²) in [4.78, 5) is 48.1. The molecule has 4 rings (SSSR count). The lowest BCUT2D eigenvalue weighted by Crippen LogP contribution is -2.71. The number of nitrogens with two attached hydrogens (primary N) is 1. The zero-order valence-corrected chi connectivity index (χ0v) is 20.5. The molecule has 2 atom stereocenters. The van der Waals surface area contributed by atoms with E-state index in [1.165, 1.54) is 45.8 Å². The van der Waals surface area contributed by atoms with Crippen LogP contribution in [0.25, 0.3) is 0 Å². The third-order valence-corrected chi connectivity index (χ3v) is 8.53. The SMILES string of the molecule is C=CCO/N=C(\C(=O)NC1C(=O)N2C(C(=O)O)=C(CSc3nncs3)CS[C@H]12)c1csc(N)n1. The van der Waals surface area contributed by atoms with E-state index in [0.717, 1.165) is 11.3 Å². The number of nitrogens with one attached hydrogen (secondary N) is 1. The van der Waals surface area contributed by atoms with Gasteiger partial charge in [0.2, 0.25) is 0 Å². The summed E-state index contributed by atoms with van der Waals surface area (Å²) in [5, 5.41) is 25.1. The molecule has 0 aliphatic carbocycles. The third-order valence-electron chi connectivity index (χ3n) is 4.57. The van der Waals surface area contributed by atoms with Gasteiger partial charge in [-0.15, -0.1) is 33.3 Å². The van der Waals surface area contributed by atoms with Crippen molar-refractivity contribution >= 4 is 74.8 Å². The molecule has 34 heavy (non-hydrogen) atoms. The van der Waals surface area contributed by atoms with Crippen LogP contribution in [0.3, 0.4) is 0 Å². The number of aromatic nitrogens is 3. The number of amides is 2. The monoisotopic (exact) mass is 539 g/mol. The summed E-state index contributed by atoms with van der Waals surface area (Å²) in [5.41, 5.74) is 7.84. The van der Waals surface area contributed by atoms with E-state index in [2.05, 4.69) is 32.2 Å². The second kappa shape index (κ2) is 10.5. The number of carbonyl (C=O) groups excluding carboxylic acids is 2. The molecule has 12 nitrogen and oxygen atoms in total. The summed E-state index contributed by atoms with van der Waals surface area (Å²) in [6.07, 6.45) is 1.46. The molecule has 0 radical (unpaired) electrons. The normalized spacial score (nSPS) is 19.9. The van der Waals surface area contributed by atoms with Crippen molar-refractivity contribution in [2.45, 2.75) is 15.8 Å². The number of rotatable bonds is 10. The Hall–Kier alpha value is -2.95. The van der Waals surface area contributed by atoms with E-state index in [1.54, 1.807) is 10.9 Å². The van der Waals surface area contributed by atoms with Gasteiger partial charge in [-0.25, -0.2) is 9.78 Å². The number of nitrogen functional groups attached to an aromatic ring is 1. The van der Waals surface area contributed by atoms with Crippen molar-refractivity contribution in [3.05, 3.63) is 40.5 Å². The summed E-state index contributed by atoms with van der Waals surface area (Å²) in [7, 11) is 0. The number of carboxylic acid groups (broad SMARTS) is 1. The number of oxime groups is 1. The predicted molar refractivity (Wildman–Crippen MR) is 130 cm³/mol. The number of thiazole rings is 1. The first-order valence-electron chi connectivity index (χ1n) is 9.52. The molecule has 178 valence electrons. The summed E-state index contributed by atoms with van der Waals surface area (Å²) in [6.45, 7) is 3.58. The molecule has 4 N–H and O–H groups in total. The van der Waals surface area contributed by atoms with Crippen molar-refractivity contribution in [1.82, 2.24) is 25.4 Å². The van der Waals surface area contributed by atoms with Gasteiger partial charge in [0.25, 0.3) is 11.8 Å². The maximum atomic E-state index is 12.9. The minimum atomic E-state index is -1.20. The van der Waals surface area contributed by atoms with Crippen LogP contribution in [0.4, 0.5) is 5.13 Å². The number of carbonyl (C=O) groups is 3. The number of thioether (sulfide) groups is 2. The van der Waals surface area contributed by atoms with Crippen molar-refractivity contribution in [2.75, 3.05) is 23.8 Å². The van der Waals surface area contributed by atoms with Gasteiger partial charge in [0.1, 0.15) is 34.9 Å². The Kier molecular flexibility index (Phi) is 7.50. The molecule has 2 aliphatic heterocycles. The molecule has 2 aliphatic rings. The molecule has 0 bridgehead atoms. The predicted octanol–water partition coefficient (Wildman–Crippen LogP) is 1.01. The van der Waals surface area contributed by atoms with Gasteiger partial charge in [-0.05, 0) is 5.57 Å². The average molecular weight is 540 g/mol. The van der Waals surface area contributed by atoms with Gasteiger partial charge in [0.15, 0.2) is 15.2 Å². The van der Waals surface area contributed by atoms with Crippen molar-refractivity contribution in [3.63, 3.8) is 0 Å². The maximum Gasteiger partial charge on any atom is 0.352 e. The standard InChI is InChI=1S/C18H17N7O5S4/c1-2-3-30-24-10(9-6-32-17(19)21-9)13(26)22-11-14(27)25-12(16(28)29)8(4-31-15(11)25)5-33-18-23-20-7-34-18/h2,6-7,11,15H,1,3-5H2,(H2,19,21)(H,22,26)(H,28,29)/b24-10-/t11?,15-/m1/s1. The van der Waals surface area contributed by atoms with Gasteiger partial charge in [0, 0.05) is 16.9 Å². The Morgan fingerprint density at radius 3 is 2.94 bits per heavy atom. The largest absolute Gasteiger partial charge is 0.477 e. The first kappa shape index (κ1) is 24.2. The third kappa shape index (κ3) is 4.94. The minimum Gasteiger partial charge on any atom is -0.477 e. The van der Waals surface area contributed by atoms with Gasteiger partial charge in [-0.1, -0.05) is 40.9 Å². The van der Waals surface area contributed by atoms with E-state index in [0.29, 0.717) is 21.4 Å². The molecule has 0 spiro atoms. The van der Waals surface area contributed by atoms with Crippen LogP contribution in [0.5, 0.6) is 0 Å². The van der Waals surface area contributed by atoms with Crippen molar-refractivity contribution < 1.29 is 24.3 Å². The Morgan fingerprint density at radius 2 is 2.29 bits per heavy atom. The number of anilines is 1. The summed E-state index contributed by atoms with van der Waals surface area (Å²) in [6, 6.07) is -0.926. The summed E-state index contributed by atoms with van der Waals surface area (Å²) >= 11 is 5.20.